The molecule has 7 nitrogen and oxygen atoms in total. The molecule has 2 aromatic rings. The Hall–Kier alpha value is -2.55. The highest BCUT2D eigenvalue weighted by molar-refractivity contribution is 7.91. The van der Waals surface area contributed by atoms with Crippen molar-refractivity contribution in [2.45, 2.75) is 18.9 Å². The Morgan fingerprint density at radius 3 is 2.70 bits per heavy atom. The topological polar surface area (TPSA) is 92.3 Å². The van der Waals surface area contributed by atoms with Gasteiger partial charge >= 0.3 is 0 Å². The van der Waals surface area contributed by atoms with Gasteiger partial charge in [0.2, 0.25) is 5.95 Å². The predicted molar refractivity (Wildman–Crippen MR) is 99.8 cm³/mol. The minimum absolute atomic E-state index is 0.0108. The van der Waals surface area contributed by atoms with Crippen LogP contribution in [0.4, 0.5) is 10.3 Å². The molecular weight excluding hydrogens is 371 g/mol. The Balaban J connectivity index is 1.59. The zero-order valence-electron chi connectivity index (χ0n) is 14.9. The van der Waals surface area contributed by atoms with Gasteiger partial charge in [-0.05, 0) is 36.6 Å². The van der Waals surface area contributed by atoms with Gasteiger partial charge in [-0.3, -0.25) is 4.79 Å². The van der Waals surface area contributed by atoms with Crippen LogP contribution in [0.5, 0.6) is 0 Å². The molecule has 0 radical (unpaired) electrons. The van der Waals surface area contributed by atoms with E-state index in [-0.39, 0.29) is 35.0 Å². The van der Waals surface area contributed by atoms with Crippen LogP contribution in [0.15, 0.2) is 36.5 Å². The summed E-state index contributed by atoms with van der Waals surface area (Å²) in [6.45, 7) is 0.528. The number of hydrogen-bond donors (Lipinski definition) is 1. The van der Waals surface area contributed by atoms with Gasteiger partial charge in [0, 0.05) is 25.8 Å². The number of benzene rings is 1. The number of carbonyl (C=O) groups is 1. The summed E-state index contributed by atoms with van der Waals surface area (Å²) in [6.07, 6.45) is 2.58. The lowest BCUT2D eigenvalue weighted by Crippen LogP contribution is -2.38. The van der Waals surface area contributed by atoms with E-state index in [1.165, 1.54) is 29.3 Å². The molecule has 1 aromatic heterocycles. The van der Waals surface area contributed by atoms with Crippen molar-refractivity contribution < 1.29 is 17.6 Å². The zero-order valence-corrected chi connectivity index (χ0v) is 15.7. The number of anilines is 1. The van der Waals surface area contributed by atoms with Crippen LogP contribution in [0.2, 0.25) is 0 Å². The molecule has 144 valence electrons. The maximum Gasteiger partial charge on any atom is 0.272 e. The molecule has 3 rings (SSSR count). The van der Waals surface area contributed by atoms with Crippen LogP contribution in [-0.2, 0) is 16.3 Å². The van der Waals surface area contributed by atoms with Crippen molar-refractivity contribution in [1.29, 1.82) is 0 Å². The Bertz CT molecular complexity index is 918. The van der Waals surface area contributed by atoms with Crippen LogP contribution >= 0.6 is 0 Å². The Labute approximate surface area is 157 Å². The summed E-state index contributed by atoms with van der Waals surface area (Å²) in [6, 6.07) is 7.42. The summed E-state index contributed by atoms with van der Waals surface area (Å²) in [7, 11) is -1.47. The third-order valence-corrected chi connectivity index (χ3v) is 6.31. The number of sulfone groups is 1. The van der Waals surface area contributed by atoms with Gasteiger partial charge in [-0.1, -0.05) is 12.1 Å². The van der Waals surface area contributed by atoms with Crippen LogP contribution in [0.25, 0.3) is 0 Å². The predicted octanol–water partition coefficient (Wildman–Crippen LogP) is 1.53. The third-order valence-electron chi connectivity index (χ3n) is 4.56. The molecule has 1 atom stereocenters. The number of carbonyl (C=O) groups excluding carboxylic acids is 1. The summed E-state index contributed by atoms with van der Waals surface area (Å²) in [5.41, 5.74) is 1.18. The number of hydrogen-bond acceptors (Lipinski definition) is 6. The maximum absolute atomic E-state index is 12.9. The highest BCUT2D eigenvalue weighted by atomic mass is 32.2. The summed E-state index contributed by atoms with van der Waals surface area (Å²) < 4.78 is 36.1. The summed E-state index contributed by atoms with van der Waals surface area (Å²) >= 11 is 0. The van der Waals surface area contributed by atoms with E-state index in [1.807, 2.05) is 0 Å². The van der Waals surface area contributed by atoms with Gasteiger partial charge in [0.15, 0.2) is 9.84 Å². The average Bonchev–Trinajstić information content (AvgIpc) is 3.02. The van der Waals surface area contributed by atoms with E-state index in [0.29, 0.717) is 25.3 Å². The fourth-order valence-corrected chi connectivity index (χ4v) is 4.73. The highest BCUT2D eigenvalue weighted by Crippen LogP contribution is 2.18. The van der Waals surface area contributed by atoms with Gasteiger partial charge in [0.05, 0.1) is 11.5 Å². The standard InChI is InChI=1S/C18H21FN4O3S/c1-23(15-8-11-27(25,26)12-15)17(24)16-7-10-21-18(22-16)20-9-6-13-2-4-14(19)5-3-13/h2-5,7,10,15H,6,8-9,11-12H2,1H3,(H,20,21,22). The normalized spacial score (nSPS) is 18.2. The van der Waals surface area contributed by atoms with Gasteiger partial charge in [-0.25, -0.2) is 22.8 Å². The van der Waals surface area contributed by atoms with Crippen molar-refractivity contribution in [3.63, 3.8) is 0 Å². The number of aromatic nitrogens is 2. The van der Waals surface area contributed by atoms with Crippen molar-refractivity contribution in [2.75, 3.05) is 30.4 Å². The molecule has 1 saturated heterocycles. The minimum Gasteiger partial charge on any atom is -0.354 e. The second kappa shape index (κ2) is 7.99. The molecule has 1 fully saturated rings. The number of nitrogens with zero attached hydrogens (tertiary/aromatic N) is 3. The smallest absolute Gasteiger partial charge is 0.272 e. The summed E-state index contributed by atoms with van der Waals surface area (Å²) in [5, 5.41) is 3.04. The first-order chi connectivity index (χ1) is 12.8. The molecule has 27 heavy (non-hydrogen) atoms. The molecular formula is C18H21FN4O3S. The lowest BCUT2D eigenvalue weighted by Gasteiger charge is -2.23. The van der Waals surface area contributed by atoms with Crippen LogP contribution < -0.4 is 5.32 Å². The Morgan fingerprint density at radius 1 is 1.30 bits per heavy atom. The molecule has 1 aromatic carbocycles. The largest absolute Gasteiger partial charge is 0.354 e. The molecule has 9 heteroatoms. The molecule has 2 heterocycles. The summed E-state index contributed by atoms with van der Waals surface area (Å²) in [5.74, 6) is -0.199. The molecule has 1 aliphatic rings. The van der Waals surface area contributed by atoms with Gasteiger partial charge in [0.1, 0.15) is 11.5 Å². The Morgan fingerprint density at radius 2 is 2.04 bits per heavy atom. The van der Waals surface area contributed by atoms with Crippen molar-refractivity contribution in [3.8, 4) is 0 Å². The van der Waals surface area contributed by atoms with Crippen LogP contribution in [0, 0.1) is 5.82 Å². The number of amides is 1. The molecule has 0 spiro atoms. The molecule has 1 unspecified atom stereocenters. The third kappa shape index (κ3) is 5.00. The van der Waals surface area contributed by atoms with Crippen molar-refractivity contribution in [1.82, 2.24) is 14.9 Å². The summed E-state index contributed by atoms with van der Waals surface area (Å²) in [4.78, 5) is 22.4. The maximum atomic E-state index is 12.9. The first-order valence-electron chi connectivity index (χ1n) is 8.63. The van der Waals surface area contributed by atoms with Crippen molar-refractivity contribution in [2.24, 2.45) is 0 Å². The molecule has 0 aliphatic carbocycles. The monoisotopic (exact) mass is 392 g/mol. The average molecular weight is 392 g/mol. The number of nitrogens with one attached hydrogen (secondary N) is 1. The Kier molecular flexibility index (Phi) is 5.69. The second-order valence-electron chi connectivity index (χ2n) is 6.54. The van der Waals surface area contributed by atoms with Crippen LogP contribution in [0.1, 0.15) is 22.5 Å². The minimum atomic E-state index is -3.07. The number of halogens is 1. The molecule has 1 amide bonds. The number of rotatable bonds is 6. The second-order valence-corrected chi connectivity index (χ2v) is 8.77. The van der Waals surface area contributed by atoms with Gasteiger partial charge in [-0.2, -0.15) is 0 Å². The van der Waals surface area contributed by atoms with E-state index < -0.39 is 9.84 Å². The molecule has 0 bridgehead atoms. The highest BCUT2D eigenvalue weighted by Gasteiger charge is 2.33. The van der Waals surface area contributed by atoms with Gasteiger partial charge < -0.3 is 10.2 Å². The zero-order chi connectivity index (χ0) is 19.4. The quantitative estimate of drug-likeness (QED) is 0.802. The molecule has 1 N–H and O–H groups in total. The lowest BCUT2D eigenvalue weighted by molar-refractivity contribution is 0.0741. The van der Waals surface area contributed by atoms with E-state index in [2.05, 4.69) is 15.3 Å². The van der Waals surface area contributed by atoms with E-state index in [0.717, 1.165) is 5.56 Å². The van der Waals surface area contributed by atoms with E-state index in [4.69, 9.17) is 0 Å². The van der Waals surface area contributed by atoms with E-state index in [9.17, 15) is 17.6 Å². The first-order valence-corrected chi connectivity index (χ1v) is 10.5. The lowest BCUT2D eigenvalue weighted by atomic mass is 10.1. The van der Waals surface area contributed by atoms with Crippen LogP contribution in [-0.4, -0.2) is 60.3 Å². The van der Waals surface area contributed by atoms with Crippen molar-refractivity contribution >= 4 is 21.7 Å². The van der Waals surface area contributed by atoms with Crippen molar-refractivity contribution in [3.05, 3.63) is 53.6 Å². The fourth-order valence-electron chi connectivity index (χ4n) is 2.96. The molecule has 0 saturated carbocycles. The van der Waals surface area contributed by atoms with Gasteiger partial charge in [-0.15, -0.1) is 0 Å². The molecule has 1 aliphatic heterocycles. The van der Waals surface area contributed by atoms with Crippen LogP contribution in [0.3, 0.4) is 0 Å². The van der Waals surface area contributed by atoms with E-state index in [1.54, 1.807) is 19.2 Å². The SMILES string of the molecule is CN(C(=O)c1ccnc(NCCc2ccc(F)cc2)n1)C1CCS(=O)(=O)C1. The van der Waals surface area contributed by atoms with Gasteiger partial charge in [0.25, 0.3) is 5.91 Å². The first kappa shape index (κ1) is 19.2. The van der Waals surface area contributed by atoms with E-state index >= 15 is 0 Å². The fraction of sp³-hybridized carbons (Fsp3) is 0.389.